The molecular weight excluding hydrogens is 290 g/mol. The van der Waals surface area contributed by atoms with Crippen molar-refractivity contribution < 1.29 is 4.79 Å². The molecule has 1 unspecified atom stereocenters. The first-order valence-electron chi connectivity index (χ1n) is 7.60. The van der Waals surface area contributed by atoms with Gasteiger partial charge in [-0.15, -0.1) is 0 Å². The number of nitrogens with zero attached hydrogens (tertiary/aromatic N) is 1. The van der Waals surface area contributed by atoms with E-state index in [9.17, 15) is 4.79 Å². The molecule has 18 heavy (non-hydrogen) atoms. The highest BCUT2D eigenvalue weighted by Gasteiger charge is 2.43. The number of likely N-dealkylation sites (tertiary alicyclic amines) is 1. The summed E-state index contributed by atoms with van der Waals surface area (Å²) in [5, 5.41) is 1.01. The molecule has 0 radical (unpaired) electrons. The zero-order valence-electron chi connectivity index (χ0n) is 11.6. The number of alkyl halides is 1. The average molecular weight is 316 g/mol. The van der Waals surface area contributed by atoms with Gasteiger partial charge in [-0.2, -0.15) is 0 Å². The van der Waals surface area contributed by atoms with E-state index in [4.69, 9.17) is 0 Å². The Balaban J connectivity index is 2.09. The van der Waals surface area contributed by atoms with E-state index in [1.807, 2.05) is 0 Å². The van der Waals surface area contributed by atoms with Gasteiger partial charge in [-0.25, -0.2) is 0 Å². The lowest BCUT2D eigenvalue weighted by Crippen LogP contribution is -2.50. The third-order valence-electron chi connectivity index (χ3n) is 5.02. The standard InChI is InChI=1S/C15H26BrNO/c1-2-15(9-4-5-10-15)14(18)17-12-6-3-7-13(17)8-11-16/h13H,2-12H2,1H3. The maximum Gasteiger partial charge on any atom is 0.229 e. The van der Waals surface area contributed by atoms with Crippen molar-refractivity contribution in [3.63, 3.8) is 0 Å². The summed E-state index contributed by atoms with van der Waals surface area (Å²) < 4.78 is 0. The molecule has 0 spiro atoms. The topological polar surface area (TPSA) is 20.3 Å². The highest BCUT2D eigenvalue weighted by Crippen LogP contribution is 2.43. The van der Waals surface area contributed by atoms with E-state index in [-0.39, 0.29) is 5.41 Å². The molecule has 1 atom stereocenters. The van der Waals surface area contributed by atoms with Crippen LogP contribution in [0.15, 0.2) is 0 Å². The third-order valence-corrected chi connectivity index (χ3v) is 5.48. The SMILES string of the molecule is CCC1(C(=O)N2CCCCC2CCBr)CCCC1. The molecule has 1 saturated carbocycles. The van der Waals surface area contributed by atoms with Crippen molar-refractivity contribution in [2.45, 2.75) is 70.8 Å². The van der Waals surface area contributed by atoms with Crippen molar-refractivity contribution in [1.29, 1.82) is 0 Å². The first kappa shape index (κ1) is 14.4. The zero-order chi connectivity index (χ0) is 13.0. The van der Waals surface area contributed by atoms with Crippen molar-refractivity contribution in [3.05, 3.63) is 0 Å². The molecule has 104 valence electrons. The van der Waals surface area contributed by atoms with Gasteiger partial charge in [0.2, 0.25) is 5.91 Å². The van der Waals surface area contributed by atoms with Crippen LogP contribution in [0.2, 0.25) is 0 Å². The Morgan fingerprint density at radius 1 is 1.28 bits per heavy atom. The van der Waals surface area contributed by atoms with Gasteiger partial charge in [-0.3, -0.25) is 4.79 Å². The van der Waals surface area contributed by atoms with Gasteiger partial charge in [0.15, 0.2) is 0 Å². The molecule has 0 aromatic heterocycles. The molecular formula is C15H26BrNO. The van der Waals surface area contributed by atoms with Crippen LogP contribution in [0.5, 0.6) is 0 Å². The van der Waals surface area contributed by atoms with E-state index >= 15 is 0 Å². The van der Waals surface area contributed by atoms with Gasteiger partial charge in [0, 0.05) is 23.3 Å². The van der Waals surface area contributed by atoms with E-state index in [1.54, 1.807) is 0 Å². The Hall–Kier alpha value is -0.0500. The van der Waals surface area contributed by atoms with Gasteiger partial charge in [-0.1, -0.05) is 35.7 Å². The van der Waals surface area contributed by atoms with Gasteiger partial charge in [0.1, 0.15) is 0 Å². The largest absolute Gasteiger partial charge is 0.339 e. The lowest BCUT2D eigenvalue weighted by Gasteiger charge is -2.41. The fourth-order valence-electron chi connectivity index (χ4n) is 3.77. The molecule has 0 aromatic rings. The van der Waals surface area contributed by atoms with Crippen LogP contribution in [-0.2, 0) is 4.79 Å². The number of hydrogen-bond acceptors (Lipinski definition) is 1. The van der Waals surface area contributed by atoms with Crippen LogP contribution < -0.4 is 0 Å². The predicted octanol–water partition coefficient (Wildman–Crippen LogP) is 4.12. The molecule has 0 bridgehead atoms. The number of carbonyl (C=O) groups is 1. The zero-order valence-corrected chi connectivity index (χ0v) is 13.2. The van der Waals surface area contributed by atoms with Crippen molar-refractivity contribution in [3.8, 4) is 0 Å². The summed E-state index contributed by atoms with van der Waals surface area (Å²) in [5.74, 6) is 0.480. The lowest BCUT2D eigenvalue weighted by atomic mass is 9.80. The summed E-state index contributed by atoms with van der Waals surface area (Å²) in [6.07, 6.45) is 10.6. The summed E-state index contributed by atoms with van der Waals surface area (Å²) in [5.41, 5.74) is 0.00189. The second-order valence-electron chi connectivity index (χ2n) is 5.97. The molecule has 2 aliphatic rings. The molecule has 2 rings (SSSR count). The first-order chi connectivity index (χ1) is 8.73. The second-order valence-corrected chi connectivity index (χ2v) is 6.76. The predicted molar refractivity (Wildman–Crippen MR) is 79.0 cm³/mol. The smallest absolute Gasteiger partial charge is 0.229 e. The summed E-state index contributed by atoms with van der Waals surface area (Å²) in [4.78, 5) is 15.2. The molecule has 2 fully saturated rings. The highest BCUT2D eigenvalue weighted by molar-refractivity contribution is 9.09. The van der Waals surface area contributed by atoms with Gasteiger partial charge in [-0.05, 0) is 44.9 Å². The molecule has 1 aliphatic heterocycles. The van der Waals surface area contributed by atoms with Crippen molar-refractivity contribution in [1.82, 2.24) is 4.90 Å². The molecule has 1 heterocycles. The molecule has 1 saturated heterocycles. The number of halogens is 1. The van der Waals surface area contributed by atoms with E-state index in [0.717, 1.165) is 37.6 Å². The minimum absolute atomic E-state index is 0.00189. The van der Waals surface area contributed by atoms with Gasteiger partial charge < -0.3 is 4.90 Å². The number of carbonyl (C=O) groups excluding carboxylic acids is 1. The fraction of sp³-hybridized carbons (Fsp3) is 0.933. The maximum absolute atomic E-state index is 12.9. The monoisotopic (exact) mass is 315 g/mol. The fourth-order valence-corrected chi connectivity index (χ4v) is 4.30. The van der Waals surface area contributed by atoms with Gasteiger partial charge >= 0.3 is 0 Å². The molecule has 0 N–H and O–H groups in total. The minimum atomic E-state index is 0.00189. The van der Waals surface area contributed by atoms with Crippen LogP contribution in [0.1, 0.15) is 64.7 Å². The second kappa shape index (κ2) is 6.40. The summed E-state index contributed by atoms with van der Waals surface area (Å²) in [7, 11) is 0. The van der Waals surface area contributed by atoms with Crippen LogP contribution in [-0.4, -0.2) is 28.7 Å². The van der Waals surface area contributed by atoms with Crippen molar-refractivity contribution in [2.24, 2.45) is 5.41 Å². The van der Waals surface area contributed by atoms with Crippen molar-refractivity contribution >= 4 is 21.8 Å². The Labute approximate surface area is 120 Å². The van der Waals surface area contributed by atoms with Gasteiger partial charge in [0.05, 0.1) is 0 Å². The normalized spacial score (nSPS) is 27.4. The molecule has 1 aliphatic carbocycles. The number of hydrogen-bond donors (Lipinski definition) is 0. The Kier molecular flexibility index (Phi) is 5.11. The Bertz CT molecular complexity index is 284. The lowest BCUT2D eigenvalue weighted by molar-refractivity contribution is -0.146. The third kappa shape index (κ3) is 2.76. The molecule has 3 heteroatoms. The minimum Gasteiger partial charge on any atom is -0.339 e. The number of amides is 1. The maximum atomic E-state index is 12.9. The van der Waals surface area contributed by atoms with E-state index in [0.29, 0.717) is 11.9 Å². The average Bonchev–Trinajstić information content (AvgIpc) is 2.89. The highest BCUT2D eigenvalue weighted by atomic mass is 79.9. The number of piperidine rings is 1. The summed E-state index contributed by atoms with van der Waals surface area (Å²) in [6.45, 7) is 3.20. The van der Waals surface area contributed by atoms with Crippen LogP contribution >= 0.6 is 15.9 Å². The number of rotatable bonds is 4. The summed E-state index contributed by atoms with van der Waals surface area (Å²) >= 11 is 3.54. The summed E-state index contributed by atoms with van der Waals surface area (Å²) in [6, 6.07) is 0.495. The van der Waals surface area contributed by atoms with Crippen LogP contribution in [0, 0.1) is 5.41 Å². The molecule has 2 nitrogen and oxygen atoms in total. The van der Waals surface area contributed by atoms with Crippen molar-refractivity contribution in [2.75, 3.05) is 11.9 Å². The van der Waals surface area contributed by atoms with E-state index < -0.39 is 0 Å². The Morgan fingerprint density at radius 2 is 2.00 bits per heavy atom. The van der Waals surface area contributed by atoms with Crippen LogP contribution in [0.25, 0.3) is 0 Å². The molecule has 0 aromatic carbocycles. The Morgan fingerprint density at radius 3 is 2.61 bits per heavy atom. The quantitative estimate of drug-likeness (QED) is 0.714. The van der Waals surface area contributed by atoms with Crippen LogP contribution in [0.4, 0.5) is 0 Å². The van der Waals surface area contributed by atoms with E-state index in [1.165, 1.54) is 32.1 Å². The van der Waals surface area contributed by atoms with Crippen LogP contribution in [0.3, 0.4) is 0 Å². The first-order valence-corrected chi connectivity index (χ1v) is 8.73. The molecule has 1 amide bonds. The van der Waals surface area contributed by atoms with Gasteiger partial charge in [0.25, 0.3) is 0 Å². The van der Waals surface area contributed by atoms with E-state index in [2.05, 4.69) is 27.8 Å².